The Kier molecular flexibility index (Phi) is 5.78. The molecule has 2 aromatic heterocycles. The molecule has 1 aliphatic heterocycles. The molecule has 1 N–H and O–H groups in total. The molecule has 146 valence electrons. The van der Waals surface area contributed by atoms with Gasteiger partial charge in [-0.2, -0.15) is 11.3 Å². The van der Waals surface area contributed by atoms with Crippen LogP contribution in [0.1, 0.15) is 22.8 Å². The van der Waals surface area contributed by atoms with Crippen molar-refractivity contribution in [3.05, 3.63) is 76.2 Å². The number of amides is 1. The van der Waals surface area contributed by atoms with Crippen LogP contribution in [0.5, 0.6) is 5.75 Å². The number of fused-ring (bicyclic) bond motifs is 1. The summed E-state index contributed by atoms with van der Waals surface area (Å²) in [5.74, 6) is 1.02. The minimum atomic E-state index is 0.00919. The summed E-state index contributed by atoms with van der Waals surface area (Å²) in [6.45, 7) is 3.05. The Hall–Kier alpha value is -2.57. The summed E-state index contributed by atoms with van der Waals surface area (Å²) < 4.78 is 8.28. The third-order valence-electron chi connectivity index (χ3n) is 4.98. The standard InChI is InChI=1S/C22H25N3O2S/c1-24-9-6-17(13-24)12-22(26)23-8-10-25-14-18-4-2-3-5-20(18)27-21(15-25)19-7-11-28-16-19/h2-7,9,11,13,16,21H,8,10,12,14-15H2,1H3,(H,23,26). The lowest BCUT2D eigenvalue weighted by atomic mass is 10.2. The van der Waals surface area contributed by atoms with Gasteiger partial charge < -0.3 is 14.6 Å². The second-order valence-corrected chi connectivity index (χ2v) is 8.00. The van der Waals surface area contributed by atoms with E-state index >= 15 is 0 Å². The number of nitrogens with one attached hydrogen (secondary N) is 1. The minimum absolute atomic E-state index is 0.00919. The Morgan fingerprint density at radius 2 is 2.18 bits per heavy atom. The number of benzene rings is 1. The Morgan fingerprint density at radius 1 is 1.29 bits per heavy atom. The van der Waals surface area contributed by atoms with Crippen molar-refractivity contribution in [3.8, 4) is 5.75 Å². The van der Waals surface area contributed by atoms with Gasteiger partial charge in [0.1, 0.15) is 11.9 Å². The van der Waals surface area contributed by atoms with E-state index in [1.54, 1.807) is 11.3 Å². The summed E-state index contributed by atoms with van der Waals surface area (Å²) in [7, 11) is 1.96. The molecule has 0 aliphatic carbocycles. The summed E-state index contributed by atoms with van der Waals surface area (Å²) in [5, 5.41) is 7.29. The second-order valence-electron chi connectivity index (χ2n) is 7.22. The average Bonchev–Trinajstić information content (AvgIpc) is 3.31. The van der Waals surface area contributed by atoms with Gasteiger partial charge in [-0.25, -0.2) is 0 Å². The van der Waals surface area contributed by atoms with Crippen LogP contribution in [0.15, 0.2) is 59.6 Å². The van der Waals surface area contributed by atoms with Gasteiger partial charge in [-0.15, -0.1) is 0 Å². The van der Waals surface area contributed by atoms with Crippen LogP contribution in [0.3, 0.4) is 0 Å². The monoisotopic (exact) mass is 395 g/mol. The molecule has 3 aromatic rings. The molecule has 0 fully saturated rings. The first-order chi connectivity index (χ1) is 13.7. The Bertz CT molecular complexity index is 920. The molecular weight excluding hydrogens is 370 g/mol. The molecule has 0 saturated carbocycles. The Labute approximate surface area is 169 Å². The van der Waals surface area contributed by atoms with Crippen molar-refractivity contribution < 1.29 is 9.53 Å². The highest BCUT2D eigenvalue weighted by atomic mass is 32.1. The number of aryl methyl sites for hydroxylation is 1. The molecule has 0 radical (unpaired) electrons. The van der Waals surface area contributed by atoms with E-state index in [1.807, 2.05) is 48.3 Å². The van der Waals surface area contributed by atoms with E-state index in [9.17, 15) is 4.79 Å². The maximum Gasteiger partial charge on any atom is 0.224 e. The van der Waals surface area contributed by atoms with E-state index in [0.29, 0.717) is 13.0 Å². The van der Waals surface area contributed by atoms with E-state index in [0.717, 1.165) is 30.9 Å². The van der Waals surface area contributed by atoms with E-state index < -0.39 is 0 Å². The van der Waals surface area contributed by atoms with E-state index in [4.69, 9.17) is 4.74 Å². The highest BCUT2D eigenvalue weighted by molar-refractivity contribution is 7.07. The molecule has 0 bridgehead atoms. The lowest BCUT2D eigenvalue weighted by Crippen LogP contribution is -2.37. The van der Waals surface area contributed by atoms with Gasteiger partial charge in [0.15, 0.2) is 0 Å². The zero-order valence-electron chi connectivity index (χ0n) is 16.0. The number of thiophene rings is 1. The van der Waals surface area contributed by atoms with Crippen molar-refractivity contribution in [1.82, 2.24) is 14.8 Å². The van der Waals surface area contributed by atoms with Gasteiger partial charge in [0.25, 0.3) is 0 Å². The summed E-state index contributed by atoms with van der Waals surface area (Å²) in [6.07, 6.45) is 4.37. The molecule has 28 heavy (non-hydrogen) atoms. The van der Waals surface area contributed by atoms with Gasteiger partial charge in [-0.1, -0.05) is 18.2 Å². The lowest BCUT2D eigenvalue weighted by molar-refractivity contribution is -0.120. The van der Waals surface area contributed by atoms with Crippen LogP contribution in [-0.2, 0) is 24.8 Å². The van der Waals surface area contributed by atoms with Crippen LogP contribution in [0.4, 0.5) is 0 Å². The van der Waals surface area contributed by atoms with Crippen LogP contribution in [0, 0.1) is 0 Å². The van der Waals surface area contributed by atoms with Gasteiger partial charge in [0.2, 0.25) is 5.91 Å². The third kappa shape index (κ3) is 4.64. The predicted molar refractivity (Wildman–Crippen MR) is 112 cm³/mol. The van der Waals surface area contributed by atoms with Gasteiger partial charge in [0.05, 0.1) is 6.42 Å². The number of hydrogen-bond acceptors (Lipinski definition) is 4. The smallest absolute Gasteiger partial charge is 0.224 e. The fourth-order valence-corrected chi connectivity index (χ4v) is 4.25. The molecular formula is C22H25N3O2S. The zero-order valence-corrected chi connectivity index (χ0v) is 16.8. The number of hydrogen-bond donors (Lipinski definition) is 1. The summed E-state index contributed by atoms with van der Waals surface area (Å²) in [4.78, 5) is 14.6. The maximum atomic E-state index is 12.2. The van der Waals surface area contributed by atoms with Crippen molar-refractivity contribution in [2.24, 2.45) is 7.05 Å². The van der Waals surface area contributed by atoms with Crippen molar-refractivity contribution in [3.63, 3.8) is 0 Å². The van der Waals surface area contributed by atoms with Crippen LogP contribution in [0.25, 0.3) is 0 Å². The highest BCUT2D eigenvalue weighted by Gasteiger charge is 2.24. The normalized spacial score (nSPS) is 16.8. The van der Waals surface area contributed by atoms with Crippen LogP contribution < -0.4 is 10.1 Å². The largest absolute Gasteiger partial charge is 0.484 e. The molecule has 1 aliphatic rings. The maximum absolute atomic E-state index is 12.2. The number of carbonyl (C=O) groups excluding carboxylic acids is 1. The molecule has 4 rings (SSSR count). The number of nitrogens with zero attached hydrogens (tertiary/aromatic N) is 2. The van der Waals surface area contributed by atoms with Gasteiger partial charge in [-0.05, 0) is 34.5 Å². The molecule has 1 amide bonds. The second kappa shape index (κ2) is 8.63. The van der Waals surface area contributed by atoms with E-state index in [-0.39, 0.29) is 12.0 Å². The van der Waals surface area contributed by atoms with Gasteiger partial charge in [-0.3, -0.25) is 9.69 Å². The average molecular weight is 396 g/mol. The van der Waals surface area contributed by atoms with Crippen LogP contribution in [-0.4, -0.2) is 35.0 Å². The first-order valence-corrected chi connectivity index (χ1v) is 10.5. The molecule has 0 saturated heterocycles. The fourth-order valence-electron chi connectivity index (χ4n) is 3.55. The molecule has 1 unspecified atom stereocenters. The molecule has 1 atom stereocenters. The molecule has 3 heterocycles. The zero-order chi connectivity index (χ0) is 19.3. The number of aromatic nitrogens is 1. The molecule has 0 spiro atoms. The van der Waals surface area contributed by atoms with Gasteiger partial charge >= 0.3 is 0 Å². The minimum Gasteiger partial charge on any atom is -0.484 e. The molecule has 6 heteroatoms. The van der Waals surface area contributed by atoms with E-state index in [2.05, 4.69) is 33.1 Å². The van der Waals surface area contributed by atoms with E-state index in [1.165, 1.54) is 11.1 Å². The van der Waals surface area contributed by atoms with Gasteiger partial charge in [0, 0.05) is 56.7 Å². The molecule has 1 aromatic carbocycles. The van der Waals surface area contributed by atoms with Crippen molar-refractivity contribution in [2.75, 3.05) is 19.6 Å². The van der Waals surface area contributed by atoms with Crippen molar-refractivity contribution in [2.45, 2.75) is 19.1 Å². The summed E-state index contributed by atoms with van der Waals surface area (Å²) in [6, 6.07) is 12.3. The first-order valence-electron chi connectivity index (χ1n) is 9.54. The van der Waals surface area contributed by atoms with Crippen LogP contribution in [0.2, 0.25) is 0 Å². The topological polar surface area (TPSA) is 46.5 Å². The Balaban J connectivity index is 1.37. The quantitative estimate of drug-likeness (QED) is 0.696. The number of ether oxygens (including phenoxy) is 1. The van der Waals surface area contributed by atoms with Crippen LogP contribution >= 0.6 is 11.3 Å². The molecule has 5 nitrogen and oxygen atoms in total. The highest BCUT2D eigenvalue weighted by Crippen LogP contribution is 2.31. The SMILES string of the molecule is Cn1ccc(CC(=O)NCCN2Cc3ccccc3OC(c3ccsc3)C2)c1. The lowest BCUT2D eigenvalue weighted by Gasteiger charge is -2.23. The summed E-state index contributed by atoms with van der Waals surface area (Å²) in [5.41, 5.74) is 3.44. The Morgan fingerprint density at radius 3 is 2.96 bits per heavy atom. The van der Waals surface area contributed by atoms with Crippen molar-refractivity contribution in [1.29, 1.82) is 0 Å². The van der Waals surface area contributed by atoms with Crippen molar-refractivity contribution >= 4 is 17.2 Å². The fraction of sp³-hybridized carbons (Fsp3) is 0.318. The first kappa shape index (κ1) is 18.8. The predicted octanol–water partition coefficient (Wildman–Crippen LogP) is 3.38. The number of para-hydroxylation sites is 1. The third-order valence-corrected chi connectivity index (χ3v) is 5.68. The summed E-state index contributed by atoms with van der Waals surface area (Å²) >= 11 is 1.69. The number of rotatable bonds is 6. The number of carbonyl (C=O) groups is 1.